The molecule has 114 valence electrons. The van der Waals surface area contributed by atoms with Crippen LogP contribution in [0.3, 0.4) is 0 Å². The molecular weight excluding hydrogens is 270 g/mol. The monoisotopic (exact) mass is 291 g/mol. The van der Waals surface area contributed by atoms with E-state index >= 15 is 0 Å². The van der Waals surface area contributed by atoms with Crippen LogP contribution in [0, 0.1) is 16.0 Å². The summed E-state index contributed by atoms with van der Waals surface area (Å²) in [6.45, 7) is 6.73. The first kappa shape index (κ1) is 15.4. The molecule has 21 heavy (non-hydrogen) atoms. The third kappa shape index (κ3) is 3.21. The van der Waals surface area contributed by atoms with Crippen molar-refractivity contribution in [1.82, 2.24) is 10.2 Å². The number of nitro groups is 1. The number of carbonyl (C=O) groups is 1. The summed E-state index contributed by atoms with van der Waals surface area (Å²) in [5, 5.41) is 14.0. The third-order valence-electron chi connectivity index (χ3n) is 3.72. The highest BCUT2D eigenvalue weighted by molar-refractivity contribution is 5.84. The first-order chi connectivity index (χ1) is 9.93. The number of amides is 1. The number of carbonyl (C=O) groups excluding carboxylic acids is 1. The van der Waals surface area contributed by atoms with Crippen LogP contribution in [0.1, 0.15) is 38.9 Å². The van der Waals surface area contributed by atoms with Gasteiger partial charge in [-0.15, -0.1) is 0 Å². The average molecular weight is 291 g/mol. The van der Waals surface area contributed by atoms with Crippen LogP contribution in [0.5, 0.6) is 0 Å². The van der Waals surface area contributed by atoms with Gasteiger partial charge in [0, 0.05) is 18.7 Å². The maximum Gasteiger partial charge on any atom is 0.269 e. The molecule has 0 aliphatic carbocycles. The van der Waals surface area contributed by atoms with Crippen LogP contribution in [0.15, 0.2) is 24.3 Å². The highest BCUT2D eigenvalue weighted by Crippen LogP contribution is 2.28. The zero-order chi connectivity index (χ0) is 15.6. The minimum Gasteiger partial charge on any atom is -0.322 e. The van der Waals surface area contributed by atoms with E-state index in [1.807, 2.05) is 6.92 Å². The summed E-state index contributed by atoms with van der Waals surface area (Å²) in [7, 11) is 0. The lowest BCUT2D eigenvalue weighted by molar-refractivity contribution is -0.384. The summed E-state index contributed by atoms with van der Waals surface area (Å²) in [4.78, 5) is 24.5. The minimum absolute atomic E-state index is 0.0600. The van der Waals surface area contributed by atoms with E-state index in [1.54, 1.807) is 17.0 Å². The molecule has 2 atom stereocenters. The summed E-state index contributed by atoms with van der Waals surface area (Å²) in [6, 6.07) is 6.20. The van der Waals surface area contributed by atoms with Gasteiger partial charge in [-0.3, -0.25) is 20.2 Å². The van der Waals surface area contributed by atoms with E-state index in [0.29, 0.717) is 12.5 Å². The lowest BCUT2D eigenvalue weighted by Crippen LogP contribution is -2.31. The second-order valence-electron chi connectivity index (χ2n) is 5.72. The van der Waals surface area contributed by atoms with Gasteiger partial charge in [-0.25, -0.2) is 0 Å². The maximum absolute atomic E-state index is 12.4. The lowest BCUT2D eigenvalue weighted by atomic mass is 10.0. The minimum atomic E-state index is -0.420. The number of nitro benzene ring substituents is 1. The topological polar surface area (TPSA) is 75.5 Å². The number of nitrogens with zero attached hydrogens (tertiary/aromatic N) is 2. The molecule has 6 heteroatoms. The fourth-order valence-corrected chi connectivity index (χ4v) is 2.71. The molecule has 1 saturated heterocycles. The highest BCUT2D eigenvalue weighted by Gasteiger charge is 2.38. The Labute approximate surface area is 124 Å². The quantitative estimate of drug-likeness (QED) is 0.668. The van der Waals surface area contributed by atoms with Crippen LogP contribution in [-0.2, 0) is 4.79 Å². The van der Waals surface area contributed by atoms with Crippen molar-refractivity contribution < 1.29 is 9.72 Å². The normalized spacial score (nSPS) is 22.1. The van der Waals surface area contributed by atoms with Crippen molar-refractivity contribution in [1.29, 1.82) is 0 Å². The third-order valence-corrected chi connectivity index (χ3v) is 3.72. The van der Waals surface area contributed by atoms with Gasteiger partial charge in [0.1, 0.15) is 6.17 Å². The van der Waals surface area contributed by atoms with Gasteiger partial charge in [-0.2, -0.15) is 0 Å². The van der Waals surface area contributed by atoms with Gasteiger partial charge >= 0.3 is 0 Å². The molecule has 1 heterocycles. The zero-order valence-corrected chi connectivity index (χ0v) is 12.6. The van der Waals surface area contributed by atoms with Crippen LogP contribution in [0.2, 0.25) is 0 Å². The summed E-state index contributed by atoms with van der Waals surface area (Å²) in [5.74, 6) is 0.537. The standard InChI is InChI=1S/C15H21N3O3/c1-4-17-14(16-13(15(17)19)9-10(2)3)11-5-7-12(8-6-11)18(20)21/h5-8,10,13-14,16H,4,9H2,1-3H3. The highest BCUT2D eigenvalue weighted by atomic mass is 16.6. The van der Waals surface area contributed by atoms with E-state index in [0.717, 1.165) is 12.0 Å². The Morgan fingerprint density at radius 3 is 2.43 bits per heavy atom. The van der Waals surface area contributed by atoms with Crippen LogP contribution in [0.4, 0.5) is 5.69 Å². The van der Waals surface area contributed by atoms with Crippen molar-refractivity contribution in [2.45, 2.75) is 39.4 Å². The summed E-state index contributed by atoms with van der Waals surface area (Å²) in [5.41, 5.74) is 0.937. The second kappa shape index (κ2) is 6.22. The molecule has 1 aliphatic rings. The van der Waals surface area contributed by atoms with Crippen molar-refractivity contribution in [2.24, 2.45) is 5.92 Å². The van der Waals surface area contributed by atoms with Gasteiger partial charge in [-0.1, -0.05) is 13.8 Å². The molecule has 2 rings (SSSR count). The smallest absolute Gasteiger partial charge is 0.269 e. The van der Waals surface area contributed by atoms with Gasteiger partial charge in [0.15, 0.2) is 0 Å². The van der Waals surface area contributed by atoms with Gasteiger partial charge in [0.2, 0.25) is 5.91 Å². The predicted octanol–water partition coefficient (Wildman–Crippen LogP) is 2.46. The maximum atomic E-state index is 12.4. The Kier molecular flexibility index (Phi) is 4.57. The predicted molar refractivity (Wildman–Crippen MR) is 79.6 cm³/mol. The van der Waals surface area contributed by atoms with Crippen molar-refractivity contribution in [3.63, 3.8) is 0 Å². The van der Waals surface area contributed by atoms with Crippen molar-refractivity contribution in [3.8, 4) is 0 Å². The molecule has 1 N–H and O–H groups in total. The largest absolute Gasteiger partial charge is 0.322 e. The Balaban J connectivity index is 2.21. The molecule has 1 aliphatic heterocycles. The number of nitrogens with one attached hydrogen (secondary N) is 1. The van der Waals surface area contributed by atoms with Crippen molar-refractivity contribution >= 4 is 11.6 Å². The van der Waals surface area contributed by atoms with E-state index in [9.17, 15) is 14.9 Å². The molecule has 0 radical (unpaired) electrons. The van der Waals surface area contributed by atoms with E-state index in [1.165, 1.54) is 12.1 Å². The number of non-ortho nitro benzene ring substituents is 1. The SMILES string of the molecule is CCN1C(=O)C(CC(C)C)NC1c1ccc([N+](=O)[O-])cc1. The van der Waals surface area contributed by atoms with Crippen LogP contribution < -0.4 is 5.32 Å². The molecule has 1 aromatic rings. The second-order valence-corrected chi connectivity index (χ2v) is 5.72. The van der Waals surface area contributed by atoms with Crippen LogP contribution in [0.25, 0.3) is 0 Å². The van der Waals surface area contributed by atoms with Gasteiger partial charge in [-0.05, 0) is 37.0 Å². The van der Waals surface area contributed by atoms with E-state index < -0.39 is 4.92 Å². The van der Waals surface area contributed by atoms with Crippen molar-refractivity contribution in [2.75, 3.05) is 6.54 Å². The van der Waals surface area contributed by atoms with E-state index in [4.69, 9.17) is 0 Å². The van der Waals surface area contributed by atoms with Gasteiger partial charge in [0.05, 0.1) is 11.0 Å². The fraction of sp³-hybridized carbons (Fsp3) is 0.533. The number of rotatable bonds is 5. The van der Waals surface area contributed by atoms with E-state index in [-0.39, 0.29) is 23.8 Å². The summed E-state index contributed by atoms with van der Waals surface area (Å²) in [6.07, 6.45) is 0.589. The lowest BCUT2D eigenvalue weighted by Gasteiger charge is -2.22. The number of benzene rings is 1. The van der Waals surface area contributed by atoms with Crippen molar-refractivity contribution in [3.05, 3.63) is 39.9 Å². The van der Waals surface area contributed by atoms with Gasteiger partial charge in [0.25, 0.3) is 5.69 Å². The van der Waals surface area contributed by atoms with Crippen LogP contribution in [-0.4, -0.2) is 28.3 Å². The molecular formula is C15H21N3O3. The molecule has 0 spiro atoms. The molecule has 0 saturated carbocycles. The zero-order valence-electron chi connectivity index (χ0n) is 12.6. The average Bonchev–Trinajstić information content (AvgIpc) is 2.75. The first-order valence-electron chi connectivity index (χ1n) is 7.25. The summed E-state index contributed by atoms with van der Waals surface area (Å²) < 4.78 is 0. The van der Waals surface area contributed by atoms with E-state index in [2.05, 4.69) is 19.2 Å². The Hall–Kier alpha value is -1.95. The first-order valence-corrected chi connectivity index (χ1v) is 7.25. The van der Waals surface area contributed by atoms with Gasteiger partial charge < -0.3 is 4.90 Å². The fourth-order valence-electron chi connectivity index (χ4n) is 2.71. The molecule has 0 bridgehead atoms. The number of hydrogen-bond acceptors (Lipinski definition) is 4. The Bertz CT molecular complexity index is 527. The molecule has 1 amide bonds. The Morgan fingerprint density at radius 2 is 1.95 bits per heavy atom. The number of likely N-dealkylation sites (N-methyl/N-ethyl adjacent to an activating group) is 1. The molecule has 1 aromatic carbocycles. The van der Waals surface area contributed by atoms with Crippen LogP contribution >= 0.6 is 0 Å². The number of hydrogen-bond donors (Lipinski definition) is 1. The molecule has 1 fully saturated rings. The molecule has 0 aromatic heterocycles. The molecule has 6 nitrogen and oxygen atoms in total. The molecule has 2 unspecified atom stereocenters. The summed E-state index contributed by atoms with van der Waals surface area (Å²) >= 11 is 0. The Morgan fingerprint density at radius 1 is 1.33 bits per heavy atom.